The van der Waals surface area contributed by atoms with Gasteiger partial charge in [-0.2, -0.15) is 0 Å². The third kappa shape index (κ3) is 1.08. The lowest BCUT2D eigenvalue weighted by atomic mass is 9.46. The molecule has 0 saturated heterocycles. The molecule has 0 aromatic rings. The largest absolute Gasteiger partial charge is 0.392 e. The predicted octanol–water partition coefficient (Wildman–Crippen LogP) is -1.04. The van der Waals surface area contributed by atoms with Crippen molar-refractivity contribution in [2.24, 2.45) is 23.7 Å². The van der Waals surface area contributed by atoms with Gasteiger partial charge in [-0.3, -0.25) is 0 Å². The summed E-state index contributed by atoms with van der Waals surface area (Å²) in [6, 6.07) is 0. The summed E-state index contributed by atoms with van der Waals surface area (Å²) in [7, 11) is 0. The third-order valence-corrected chi connectivity index (χ3v) is 3.89. The Morgan fingerprint density at radius 2 is 1.36 bits per heavy atom. The summed E-state index contributed by atoms with van der Waals surface area (Å²) in [5.74, 6) is -0.528. The molecule has 2 rings (SSSR count). The normalized spacial score (nSPS) is 53.4. The molecule has 0 aliphatic heterocycles. The monoisotopic (exact) mass is 202 g/mol. The Kier molecular flexibility index (Phi) is 2.34. The summed E-state index contributed by atoms with van der Waals surface area (Å²) in [5.41, 5.74) is 0. The van der Waals surface area contributed by atoms with Crippen LogP contribution >= 0.6 is 0 Å². The average molecular weight is 202 g/mol. The molecule has 0 aromatic heterocycles. The summed E-state index contributed by atoms with van der Waals surface area (Å²) in [4.78, 5) is 0. The highest BCUT2D eigenvalue weighted by Crippen LogP contribution is 2.56. The van der Waals surface area contributed by atoms with E-state index in [1.54, 1.807) is 0 Å². The van der Waals surface area contributed by atoms with Crippen LogP contribution in [0.4, 0.5) is 0 Å². The van der Waals surface area contributed by atoms with Gasteiger partial charge < -0.3 is 20.4 Å². The Morgan fingerprint density at radius 1 is 0.857 bits per heavy atom. The lowest BCUT2D eigenvalue weighted by molar-refractivity contribution is -0.305. The van der Waals surface area contributed by atoms with Crippen molar-refractivity contribution in [3.05, 3.63) is 0 Å². The Labute approximate surface area is 83.2 Å². The minimum Gasteiger partial charge on any atom is -0.392 e. The highest BCUT2D eigenvalue weighted by atomic mass is 16.3. The van der Waals surface area contributed by atoms with E-state index in [-0.39, 0.29) is 23.7 Å². The summed E-state index contributed by atoms with van der Waals surface area (Å²) in [5, 5.41) is 38.2. The molecule has 2 fully saturated rings. The molecule has 4 N–H and O–H groups in total. The van der Waals surface area contributed by atoms with Crippen LogP contribution in [0.25, 0.3) is 0 Å². The molecule has 4 heteroatoms. The van der Waals surface area contributed by atoms with Gasteiger partial charge >= 0.3 is 0 Å². The van der Waals surface area contributed by atoms with Crippen molar-refractivity contribution in [2.45, 2.75) is 38.3 Å². The fraction of sp³-hybridized carbons (Fsp3) is 1.00. The van der Waals surface area contributed by atoms with Crippen LogP contribution in [0.3, 0.4) is 0 Å². The number of aliphatic hydroxyl groups excluding tert-OH is 4. The minimum absolute atomic E-state index is 0.0699. The van der Waals surface area contributed by atoms with Crippen molar-refractivity contribution < 1.29 is 20.4 Å². The Bertz CT molecular complexity index is 230. The summed E-state index contributed by atoms with van der Waals surface area (Å²) < 4.78 is 0. The van der Waals surface area contributed by atoms with Gasteiger partial charge in [-0.05, 0) is 5.92 Å². The third-order valence-electron chi connectivity index (χ3n) is 3.89. The van der Waals surface area contributed by atoms with Gasteiger partial charge in [0.25, 0.3) is 0 Å². The standard InChI is InChI=1S/C10H18O4/c1-3(2)7(11)5-4-6(8(5)12)10(14)9(4)13/h3-14H,1-2H3/t4-,5-,6?,7+,8?,9-,10?/m1/s1. The Morgan fingerprint density at radius 3 is 1.86 bits per heavy atom. The predicted molar refractivity (Wildman–Crippen MR) is 49.3 cm³/mol. The highest BCUT2D eigenvalue weighted by molar-refractivity contribution is 5.15. The highest BCUT2D eigenvalue weighted by Gasteiger charge is 2.67. The van der Waals surface area contributed by atoms with E-state index in [0.717, 1.165) is 0 Å². The van der Waals surface area contributed by atoms with Crippen LogP contribution in [0.5, 0.6) is 0 Å². The van der Waals surface area contributed by atoms with Crippen LogP contribution in [0.15, 0.2) is 0 Å². The van der Waals surface area contributed by atoms with Crippen LogP contribution in [-0.4, -0.2) is 44.8 Å². The Balaban J connectivity index is 2.03. The second-order valence-electron chi connectivity index (χ2n) is 4.94. The van der Waals surface area contributed by atoms with E-state index in [9.17, 15) is 20.4 Å². The summed E-state index contributed by atoms with van der Waals surface area (Å²) in [6.07, 6.45) is -2.81. The van der Waals surface area contributed by atoms with E-state index in [4.69, 9.17) is 0 Å². The van der Waals surface area contributed by atoms with Gasteiger partial charge in [0.1, 0.15) is 0 Å². The van der Waals surface area contributed by atoms with E-state index in [1.165, 1.54) is 0 Å². The first-order chi connectivity index (χ1) is 6.46. The van der Waals surface area contributed by atoms with Crippen LogP contribution in [0.1, 0.15) is 13.8 Å². The number of rotatable bonds is 2. The SMILES string of the molecule is CC(C)[C@H](O)[C@@H]1C(O)C2C(O)[C@H](O)[C@@H]21. The van der Waals surface area contributed by atoms with Crippen molar-refractivity contribution in [1.29, 1.82) is 0 Å². The smallest absolute Gasteiger partial charge is 0.0858 e. The molecule has 2 saturated carbocycles. The van der Waals surface area contributed by atoms with Gasteiger partial charge in [-0.1, -0.05) is 13.8 Å². The van der Waals surface area contributed by atoms with Gasteiger partial charge in [0.15, 0.2) is 0 Å². The first kappa shape index (κ1) is 10.4. The molecule has 4 nitrogen and oxygen atoms in total. The second kappa shape index (κ2) is 3.17. The van der Waals surface area contributed by atoms with Crippen LogP contribution in [-0.2, 0) is 0 Å². The van der Waals surface area contributed by atoms with Crippen LogP contribution < -0.4 is 0 Å². The molecular formula is C10H18O4. The van der Waals surface area contributed by atoms with E-state index in [0.29, 0.717) is 0 Å². The zero-order valence-corrected chi connectivity index (χ0v) is 8.41. The fourth-order valence-corrected chi connectivity index (χ4v) is 2.89. The van der Waals surface area contributed by atoms with Crippen molar-refractivity contribution in [1.82, 2.24) is 0 Å². The fourth-order valence-electron chi connectivity index (χ4n) is 2.89. The van der Waals surface area contributed by atoms with Gasteiger partial charge in [0, 0.05) is 17.8 Å². The van der Waals surface area contributed by atoms with E-state index >= 15 is 0 Å². The second-order valence-corrected chi connectivity index (χ2v) is 4.94. The molecule has 3 unspecified atom stereocenters. The van der Waals surface area contributed by atoms with E-state index in [2.05, 4.69) is 0 Å². The van der Waals surface area contributed by atoms with Gasteiger partial charge in [-0.25, -0.2) is 0 Å². The van der Waals surface area contributed by atoms with E-state index < -0.39 is 24.4 Å². The van der Waals surface area contributed by atoms with Gasteiger partial charge in [0.05, 0.1) is 24.4 Å². The number of hydrogen-bond donors (Lipinski definition) is 4. The maximum absolute atomic E-state index is 9.79. The maximum Gasteiger partial charge on any atom is 0.0858 e. The number of aliphatic hydroxyl groups is 4. The quantitative estimate of drug-likeness (QED) is 0.461. The maximum atomic E-state index is 9.79. The lowest BCUT2D eigenvalue weighted by Crippen LogP contribution is -2.75. The molecule has 0 heterocycles. The summed E-state index contributed by atoms with van der Waals surface area (Å²) >= 11 is 0. The molecule has 7 atom stereocenters. The first-order valence-corrected chi connectivity index (χ1v) is 5.19. The molecule has 82 valence electrons. The topological polar surface area (TPSA) is 80.9 Å². The molecule has 0 bridgehead atoms. The molecule has 2 aliphatic rings. The lowest BCUT2D eigenvalue weighted by Gasteiger charge is -2.63. The zero-order valence-electron chi connectivity index (χ0n) is 8.41. The van der Waals surface area contributed by atoms with Gasteiger partial charge in [-0.15, -0.1) is 0 Å². The van der Waals surface area contributed by atoms with Crippen molar-refractivity contribution >= 4 is 0 Å². The van der Waals surface area contributed by atoms with Crippen molar-refractivity contribution in [3.63, 3.8) is 0 Å². The van der Waals surface area contributed by atoms with Crippen LogP contribution in [0, 0.1) is 23.7 Å². The van der Waals surface area contributed by atoms with E-state index in [1.807, 2.05) is 13.8 Å². The molecule has 0 amide bonds. The molecule has 0 spiro atoms. The summed E-state index contributed by atoms with van der Waals surface area (Å²) in [6.45, 7) is 3.76. The molecule has 14 heavy (non-hydrogen) atoms. The Hall–Kier alpha value is -0.160. The van der Waals surface area contributed by atoms with Crippen molar-refractivity contribution in [3.8, 4) is 0 Å². The first-order valence-electron chi connectivity index (χ1n) is 5.19. The number of fused-ring (bicyclic) bond motifs is 1. The minimum atomic E-state index is -0.800. The number of hydrogen-bond acceptors (Lipinski definition) is 4. The molecule has 2 aliphatic carbocycles. The zero-order chi connectivity index (χ0) is 10.6. The molecule has 0 aromatic carbocycles. The van der Waals surface area contributed by atoms with Crippen molar-refractivity contribution in [2.75, 3.05) is 0 Å². The molecular weight excluding hydrogens is 184 g/mol. The van der Waals surface area contributed by atoms with Crippen LogP contribution in [0.2, 0.25) is 0 Å². The average Bonchev–Trinajstić information content (AvgIpc) is 2.12. The van der Waals surface area contributed by atoms with Gasteiger partial charge in [0.2, 0.25) is 0 Å². The molecule has 0 radical (unpaired) electrons.